The summed E-state index contributed by atoms with van der Waals surface area (Å²) in [5.74, 6) is -0.118. The molecule has 0 fully saturated rings. The lowest BCUT2D eigenvalue weighted by Crippen LogP contribution is -1.94. The molecule has 0 aliphatic rings. The molecule has 0 bridgehead atoms. The predicted molar refractivity (Wildman–Crippen MR) is 70.1 cm³/mol. The molecular weight excluding hydrogens is 278 g/mol. The highest BCUT2D eigenvalue weighted by Gasteiger charge is 2.03. The van der Waals surface area contributed by atoms with Crippen LogP contribution in [0.1, 0.15) is 15.2 Å². The molecule has 0 saturated heterocycles. The minimum absolute atomic E-state index is 0.301. The number of aromatic carboxylic acids is 1. The zero-order chi connectivity index (χ0) is 12.3. The van der Waals surface area contributed by atoms with E-state index >= 15 is 0 Å². The number of rotatable bonds is 4. The molecule has 0 aliphatic carbocycles. The third kappa shape index (κ3) is 3.46. The van der Waals surface area contributed by atoms with E-state index < -0.39 is 5.97 Å². The summed E-state index contributed by atoms with van der Waals surface area (Å²) < 4.78 is 0.543. The van der Waals surface area contributed by atoms with E-state index in [2.05, 4.69) is 4.98 Å². The molecule has 0 unspecified atom stereocenters. The van der Waals surface area contributed by atoms with Crippen LogP contribution in [0.15, 0.2) is 35.4 Å². The summed E-state index contributed by atoms with van der Waals surface area (Å²) in [7, 11) is 0. The lowest BCUT2D eigenvalue weighted by Gasteiger charge is -2.00. The van der Waals surface area contributed by atoms with Crippen LogP contribution >= 0.6 is 34.7 Å². The van der Waals surface area contributed by atoms with E-state index in [1.165, 1.54) is 11.3 Å². The fourth-order valence-electron chi connectivity index (χ4n) is 1.20. The first kappa shape index (κ1) is 12.4. The quantitative estimate of drug-likeness (QED) is 0.869. The summed E-state index contributed by atoms with van der Waals surface area (Å²) in [6.45, 7) is 0. The highest BCUT2D eigenvalue weighted by atomic mass is 35.5. The summed E-state index contributed by atoms with van der Waals surface area (Å²) in [4.78, 5) is 16.8. The van der Waals surface area contributed by atoms with E-state index in [9.17, 15) is 4.79 Å². The third-order valence-electron chi connectivity index (χ3n) is 2.01. The average Bonchev–Trinajstić information content (AvgIpc) is 2.73. The van der Waals surface area contributed by atoms with Gasteiger partial charge in [-0.3, -0.25) is 0 Å². The summed E-state index contributed by atoms with van der Waals surface area (Å²) in [6, 6.07) is 6.81. The Labute approximate surface area is 111 Å². The molecule has 1 aromatic heterocycles. The first-order valence-electron chi connectivity index (χ1n) is 4.71. The van der Waals surface area contributed by atoms with Gasteiger partial charge in [0.1, 0.15) is 0 Å². The number of aromatic nitrogens is 1. The fraction of sp³-hybridized carbons (Fsp3) is 0.0909. The molecule has 1 heterocycles. The highest BCUT2D eigenvalue weighted by molar-refractivity contribution is 7.98. The van der Waals surface area contributed by atoms with Crippen LogP contribution in [0.2, 0.25) is 4.47 Å². The van der Waals surface area contributed by atoms with Gasteiger partial charge in [0.15, 0.2) is 4.47 Å². The second-order valence-electron chi connectivity index (χ2n) is 3.20. The molecule has 88 valence electrons. The SMILES string of the molecule is O=C(O)c1ccc(SCc2cnc(Cl)s2)cc1. The molecule has 2 aromatic rings. The van der Waals surface area contributed by atoms with E-state index in [0.717, 1.165) is 15.5 Å². The smallest absolute Gasteiger partial charge is 0.335 e. The molecule has 1 N–H and O–H groups in total. The molecule has 0 saturated carbocycles. The number of carboxylic acid groups (broad SMARTS) is 1. The van der Waals surface area contributed by atoms with Crippen molar-refractivity contribution in [1.29, 1.82) is 0 Å². The monoisotopic (exact) mass is 285 g/mol. The first-order chi connectivity index (χ1) is 8.15. The molecule has 0 radical (unpaired) electrons. The molecule has 0 aliphatic heterocycles. The van der Waals surface area contributed by atoms with Gasteiger partial charge in [-0.2, -0.15) is 0 Å². The molecule has 0 spiro atoms. The van der Waals surface area contributed by atoms with Crippen LogP contribution in [0.25, 0.3) is 0 Å². The number of carboxylic acids is 1. The van der Waals surface area contributed by atoms with Gasteiger partial charge in [0.05, 0.1) is 5.56 Å². The van der Waals surface area contributed by atoms with E-state index in [0.29, 0.717) is 10.0 Å². The van der Waals surface area contributed by atoms with Crippen LogP contribution in [0.5, 0.6) is 0 Å². The zero-order valence-corrected chi connectivity index (χ0v) is 11.0. The van der Waals surface area contributed by atoms with Crippen LogP contribution in [0.4, 0.5) is 0 Å². The van der Waals surface area contributed by atoms with Crippen LogP contribution in [-0.4, -0.2) is 16.1 Å². The fourth-order valence-corrected chi connectivity index (χ4v) is 3.10. The Kier molecular flexibility index (Phi) is 4.04. The van der Waals surface area contributed by atoms with Crippen molar-refractivity contribution in [3.05, 3.63) is 45.4 Å². The lowest BCUT2D eigenvalue weighted by atomic mass is 10.2. The average molecular weight is 286 g/mol. The Balaban J connectivity index is 1.97. The molecule has 0 atom stereocenters. The van der Waals surface area contributed by atoms with Gasteiger partial charge in [0.2, 0.25) is 0 Å². The van der Waals surface area contributed by atoms with Gasteiger partial charge in [-0.1, -0.05) is 11.6 Å². The number of nitrogens with zero attached hydrogens (tertiary/aromatic N) is 1. The van der Waals surface area contributed by atoms with Crippen LogP contribution in [0.3, 0.4) is 0 Å². The Morgan fingerprint density at radius 2 is 2.12 bits per heavy atom. The van der Waals surface area contributed by atoms with Crippen LogP contribution in [0, 0.1) is 0 Å². The molecule has 17 heavy (non-hydrogen) atoms. The van der Waals surface area contributed by atoms with E-state index in [1.807, 2.05) is 0 Å². The summed E-state index contributed by atoms with van der Waals surface area (Å²) >= 11 is 8.81. The number of hydrogen-bond donors (Lipinski definition) is 1. The van der Waals surface area contributed by atoms with Crippen molar-refractivity contribution in [2.75, 3.05) is 0 Å². The van der Waals surface area contributed by atoms with Crippen LogP contribution in [-0.2, 0) is 5.75 Å². The number of halogens is 1. The molecule has 0 amide bonds. The van der Waals surface area contributed by atoms with Crippen molar-refractivity contribution in [3.8, 4) is 0 Å². The normalized spacial score (nSPS) is 10.4. The van der Waals surface area contributed by atoms with Crippen molar-refractivity contribution < 1.29 is 9.90 Å². The number of thiazole rings is 1. The maximum Gasteiger partial charge on any atom is 0.335 e. The molecule has 1 aromatic carbocycles. The van der Waals surface area contributed by atoms with Crippen molar-refractivity contribution in [2.45, 2.75) is 10.6 Å². The first-order valence-corrected chi connectivity index (χ1v) is 6.89. The second kappa shape index (κ2) is 5.53. The van der Waals surface area contributed by atoms with Crippen molar-refractivity contribution in [2.24, 2.45) is 0 Å². The highest BCUT2D eigenvalue weighted by Crippen LogP contribution is 2.27. The molecular formula is C11H8ClNO2S2. The van der Waals surface area contributed by atoms with Crippen LogP contribution < -0.4 is 0 Å². The topological polar surface area (TPSA) is 50.2 Å². The number of carbonyl (C=O) groups is 1. The van der Waals surface area contributed by atoms with Crippen molar-refractivity contribution >= 4 is 40.7 Å². The second-order valence-corrected chi connectivity index (χ2v) is 5.94. The van der Waals surface area contributed by atoms with Gasteiger partial charge in [0, 0.05) is 21.7 Å². The summed E-state index contributed by atoms with van der Waals surface area (Å²) in [5, 5.41) is 8.76. The summed E-state index contributed by atoms with van der Waals surface area (Å²) in [6.07, 6.45) is 1.76. The van der Waals surface area contributed by atoms with Gasteiger partial charge in [0.25, 0.3) is 0 Å². The summed E-state index contributed by atoms with van der Waals surface area (Å²) in [5.41, 5.74) is 0.301. The Morgan fingerprint density at radius 1 is 1.41 bits per heavy atom. The van der Waals surface area contributed by atoms with Gasteiger partial charge >= 0.3 is 5.97 Å². The molecule has 2 rings (SSSR count). The number of benzene rings is 1. The van der Waals surface area contributed by atoms with E-state index in [-0.39, 0.29) is 0 Å². The molecule has 3 nitrogen and oxygen atoms in total. The minimum Gasteiger partial charge on any atom is -0.478 e. The number of hydrogen-bond acceptors (Lipinski definition) is 4. The Hall–Kier alpha value is -1.04. The van der Waals surface area contributed by atoms with Crippen molar-refractivity contribution in [3.63, 3.8) is 0 Å². The maximum absolute atomic E-state index is 10.7. The minimum atomic E-state index is -0.907. The van der Waals surface area contributed by atoms with E-state index in [1.54, 1.807) is 42.2 Å². The third-order valence-corrected chi connectivity index (χ3v) is 4.37. The Bertz CT molecular complexity index is 525. The number of thioether (sulfide) groups is 1. The molecule has 6 heteroatoms. The maximum atomic E-state index is 10.7. The largest absolute Gasteiger partial charge is 0.478 e. The van der Waals surface area contributed by atoms with Gasteiger partial charge in [-0.25, -0.2) is 9.78 Å². The van der Waals surface area contributed by atoms with Gasteiger partial charge < -0.3 is 5.11 Å². The van der Waals surface area contributed by atoms with Gasteiger partial charge in [-0.05, 0) is 24.3 Å². The predicted octanol–water partition coefficient (Wildman–Crippen LogP) is 3.79. The standard InChI is InChI=1S/C11H8ClNO2S2/c12-11-13-5-9(17-11)6-16-8-3-1-7(2-4-8)10(14)15/h1-5H,6H2,(H,14,15). The van der Waals surface area contributed by atoms with E-state index in [4.69, 9.17) is 16.7 Å². The van der Waals surface area contributed by atoms with Gasteiger partial charge in [-0.15, -0.1) is 23.1 Å². The van der Waals surface area contributed by atoms with Crippen molar-refractivity contribution in [1.82, 2.24) is 4.98 Å². The Morgan fingerprint density at radius 3 is 2.65 bits per heavy atom. The zero-order valence-electron chi connectivity index (χ0n) is 8.59. The lowest BCUT2D eigenvalue weighted by molar-refractivity contribution is 0.0697.